The van der Waals surface area contributed by atoms with Crippen LogP contribution in [0, 0.1) is 13.1 Å². The first-order valence-corrected chi connectivity index (χ1v) is 9.35. The van der Waals surface area contributed by atoms with Gasteiger partial charge >= 0.3 is 0 Å². The quantitative estimate of drug-likeness (QED) is 0.149. The number of aromatic nitrogens is 1. The van der Waals surface area contributed by atoms with Gasteiger partial charge in [0.15, 0.2) is 11.4 Å². The summed E-state index contributed by atoms with van der Waals surface area (Å²) in [6, 6.07) is 24.9. The molecule has 0 radical (unpaired) electrons. The van der Waals surface area contributed by atoms with Gasteiger partial charge in [-0.05, 0) is 39.7 Å². The lowest BCUT2D eigenvalue weighted by atomic mass is 9.98. The molecule has 6 rings (SSSR count). The lowest BCUT2D eigenvalue weighted by molar-refractivity contribution is 1.30. The van der Waals surface area contributed by atoms with Gasteiger partial charge in [0.05, 0.1) is 18.7 Å². The number of rotatable bonds is 0. The first-order valence-electron chi connectivity index (χ1n) is 9.35. The van der Waals surface area contributed by atoms with Gasteiger partial charge in [0.1, 0.15) is 0 Å². The molecule has 0 fully saturated rings. The third kappa shape index (κ3) is 2.05. The molecule has 132 valence electrons. The molecule has 6 aromatic rings. The van der Waals surface area contributed by atoms with Gasteiger partial charge in [0.25, 0.3) is 0 Å². The summed E-state index contributed by atoms with van der Waals surface area (Å²) in [5, 5.41) is 7.97. The topological polar surface area (TPSA) is 13.1 Å². The van der Waals surface area contributed by atoms with Crippen LogP contribution in [0.15, 0.2) is 79.0 Å². The Hall–Kier alpha value is -4.34. The molecule has 0 unspecified atom stereocenters. The molecular weight excluding hydrogens is 354 g/mol. The van der Waals surface area contributed by atoms with Crippen LogP contribution in [0.4, 0.5) is 11.4 Å². The van der Waals surface area contributed by atoms with E-state index < -0.39 is 0 Å². The van der Waals surface area contributed by atoms with Gasteiger partial charge in [0, 0.05) is 27.9 Å². The van der Waals surface area contributed by atoms with Crippen molar-refractivity contribution in [2.45, 2.75) is 0 Å². The van der Waals surface area contributed by atoms with Crippen molar-refractivity contribution in [1.82, 2.24) is 4.40 Å². The van der Waals surface area contributed by atoms with Crippen LogP contribution >= 0.6 is 0 Å². The summed E-state index contributed by atoms with van der Waals surface area (Å²) in [5.74, 6) is 0. The highest BCUT2D eigenvalue weighted by Crippen LogP contribution is 2.41. The summed E-state index contributed by atoms with van der Waals surface area (Å²) in [6.07, 6.45) is 2.13. The molecule has 0 aliphatic carbocycles. The molecule has 3 nitrogen and oxygen atoms in total. The van der Waals surface area contributed by atoms with E-state index in [0.29, 0.717) is 11.4 Å². The van der Waals surface area contributed by atoms with Gasteiger partial charge in [-0.2, -0.15) is 0 Å². The molecule has 2 aromatic heterocycles. The van der Waals surface area contributed by atoms with Crippen molar-refractivity contribution in [3.05, 3.63) is 102 Å². The Labute approximate surface area is 166 Å². The minimum atomic E-state index is 0.395. The fourth-order valence-corrected chi connectivity index (χ4v) is 4.44. The summed E-state index contributed by atoms with van der Waals surface area (Å²) in [5.41, 5.74) is 2.89. The van der Waals surface area contributed by atoms with Crippen molar-refractivity contribution >= 4 is 60.1 Å². The normalized spacial score (nSPS) is 11.4. The highest BCUT2D eigenvalue weighted by molar-refractivity contribution is 6.23. The van der Waals surface area contributed by atoms with E-state index in [1.807, 2.05) is 24.3 Å². The van der Waals surface area contributed by atoms with Gasteiger partial charge in [-0.1, -0.05) is 54.6 Å². The fourth-order valence-electron chi connectivity index (χ4n) is 4.44. The second kappa shape index (κ2) is 5.58. The summed E-state index contributed by atoms with van der Waals surface area (Å²) in [7, 11) is 0. The largest absolute Gasteiger partial charge is 0.316 e. The van der Waals surface area contributed by atoms with E-state index in [1.54, 1.807) is 0 Å². The third-order valence-electron chi connectivity index (χ3n) is 5.75. The van der Waals surface area contributed by atoms with Gasteiger partial charge in [-0.3, -0.25) is 9.69 Å². The first kappa shape index (κ1) is 15.7. The molecule has 0 aliphatic rings. The maximum Gasteiger partial charge on any atom is 0.196 e. The van der Waals surface area contributed by atoms with Crippen molar-refractivity contribution in [2.75, 3.05) is 0 Å². The molecule has 0 saturated heterocycles. The maximum absolute atomic E-state index is 7.53. The number of hydrogen-bond donors (Lipinski definition) is 0. The van der Waals surface area contributed by atoms with Crippen LogP contribution in [0.3, 0.4) is 0 Å². The average molecular weight is 367 g/mol. The van der Waals surface area contributed by atoms with Crippen molar-refractivity contribution in [3.8, 4) is 0 Å². The third-order valence-corrected chi connectivity index (χ3v) is 5.75. The zero-order valence-corrected chi connectivity index (χ0v) is 15.3. The predicted octanol–water partition coefficient (Wildman–Crippen LogP) is 7.65. The molecule has 0 aliphatic heterocycles. The molecule has 4 aromatic carbocycles. The molecule has 0 atom stereocenters. The molecule has 0 spiro atoms. The highest BCUT2D eigenvalue weighted by atomic mass is 14.9. The standard InChI is InChI=1S/C26H13N3/c1-27-23-13-21-20-11-16-7-3-4-8-17(16)12-22(20)26-19-10-6-5-9-18(19)15-29(26)25(21)14-24(23)28-2/h3-15H. The van der Waals surface area contributed by atoms with E-state index in [9.17, 15) is 0 Å². The number of hydrogen-bond acceptors (Lipinski definition) is 0. The number of benzene rings is 4. The second-order valence-electron chi connectivity index (χ2n) is 7.26. The zero-order chi connectivity index (χ0) is 19.5. The number of nitrogens with zero attached hydrogens (tertiary/aromatic N) is 3. The monoisotopic (exact) mass is 367 g/mol. The van der Waals surface area contributed by atoms with Crippen molar-refractivity contribution < 1.29 is 0 Å². The molecular formula is C26H13N3. The van der Waals surface area contributed by atoms with Crippen LogP contribution < -0.4 is 0 Å². The van der Waals surface area contributed by atoms with Crippen molar-refractivity contribution in [2.24, 2.45) is 0 Å². The van der Waals surface area contributed by atoms with Crippen molar-refractivity contribution in [1.29, 1.82) is 0 Å². The lowest BCUT2D eigenvalue weighted by Gasteiger charge is -2.12. The molecule has 0 N–H and O–H groups in total. The summed E-state index contributed by atoms with van der Waals surface area (Å²) in [4.78, 5) is 7.22. The Morgan fingerprint density at radius 1 is 0.586 bits per heavy atom. The van der Waals surface area contributed by atoms with Crippen LogP contribution in [0.1, 0.15) is 0 Å². The SMILES string of the molecule is [C-]#[N+]c1cc2c3cc4ccccc4cc3c3c4ccccc4cn3c2cc1[N+]#[C-]. The molecule has 0 saturated carbocycles. The van der Waals surface area contributed by atoms with E-state index >= 15 is 0 Å². The molecule has 29 heavy (non-hydrogen) atoms. The number of fused-ring (bicyclic) bond motifs is 9. The Kier molecular flexibility index (Phi) is 3.02. The minimum Gasteiger partial charge on any atom is -0.316 e. The first-order chi connectivity index (χ1) is 14.3. The second-order valence-corrected chi connectivity index (χ2v) is 7.26. The molecule has 0 amide bonds. The predicted molar refractivity (Wildman–Crippen MR) is 120 cm³/mol. The van der Waals surface area contributed by atoms with Gasteiger partial charge in [-0.15, -0.1) is 0 Å². The van der Waals surface area contributed by atoms with E-state index in [0.717, 1.165) is 32.6 Å². The Morgan fingerprint density at radius 3 is 1.93 bits per heavy atom. The number of pyridine rings is 1. The smallest absolute Gasteiger partial charge is 0.196 e. The summed E-state index contributed by atoms with van der Waals surface area (Å²) in [6.45, 7) is 15.0. The maximum atomic E-state index is 7.53. The van der Waals surface area contributed by atoms with Crippen LogP contribution in [-0.2, 0) is 0 Å². The molecule has 0 bridgehead atoms. The van der Waals surface area contributed by atoms with Crippen LogP contribution in [-0.4, -0.2) is 4.40 Å². The highest BCUT2D eigenvalue weighted by Gasteiger charge is 2.15. The molecule has 2 heterocycles. The fraction of sp³-hybridized carbons (Fsp3) is 0. The van der Waals surface area contributed by atoms with E-state index in [1.165, 1.54) is 16.2 Å². The Morgan fingerprint density at radius 2 is 1.21 bits per heavy atom. The van der Waals surface area contributed by atoms with E-state index in [2.05, 4.69) is 68.8 Å². The zero-order valence-electron chi connectivity index (χ0n) is 15.3. The lowest BCUT2D eigenvalue weighted by Crippen LogP contribution is -1.90. The van der Waals surface area contributed by atoms with E-state index in [-0.39, 0.29) is 0 Å². The summed E-state index contributed by atoms with van der Waals surface area (Å²) >= 11 is 0. The van der Waals surface area contributed by atoms with Crippen molar-refractivity contribution in [3.63, 3.8) is 0 Å². The van der Waals surface area contributed by atoms with E-state index in [4.69, 9.17) is 13.1 Å². The molecule has 3 heteroatoms. The van der Waals surface area contributed by atoms with Crippen LogP contribution in [0.25, 0.3) is 58.4 Å². The van der Waals surface area contributed by atoms with Crippen LogP contribution in [0.5, 0.6) is 0 Å². The summed E-state index contributed by atoms with van der Waals surface area (Å²) < 4.78 is 2.18. The van der Waals surface area contributed by atoms with Crippen LogP contribution in [0.2, 0.25) is 0 Å². The Balaban J connectivity index is 2.00. The van der Waals surface area contributed by atoms with Gasteiger partial charge in [0.2, 0.25) is 0 Å². The van der Waals surface area contributed by atoms with Gasteiger partial charge in [-0.25, -0.2) is 0 Å². The average Bonchev–Trinajstić information content (AvgIpc) is 3.17. The van der Waals surface area contributed by atoms with Gasteiger partial charge < -0.3 is 4.40 Å². The Bertz CT molecular complexity index is 1720. The minimum absolute atomic E-state index is 0.395.